The van der Waals surface area contributed by atoms with Gasteiger partial charge in [0.15, 0.2) is 6.23 Å². The van der Waals surface area contributed by atoms with E-state index in [0.29, 0.717) is 31.4 Å². The van der Waals surface area contributed by atoms with E-state index < -0.39 is 0 Å². The number of benzene rings is 1. The molecule has 2 aromatic heterocycles. The van der Waals surface area contributed by atoms with Gasteiger partial charge in [0.2, 0.25) is 5.88 Å². The average Bonchev–Trinajstić information content (AvgIpc) is 3.15. The Morgan fingerprint density at radius 3 is 2.90 bits per heavy atom. The first-order valence-corrected chi connectivity index (χ1v) is 10.6. The van der Waals surface area contributed by atoms with Crippen LogP contribution in [0.4, 0.5) is 0 Å². The second-order valence-corrected chi connectivity index (χ2v) is 7.71. The van der Waals surface area contributed by atoms with Crippen molar-refractivity contribution in [2.75, 3.05) is 26.4 Å². The zero-order chi connectivity index (χ0) is 20.3. The van der Waals surface area contributed by atoms with Gasteiger partial charge in [0.1, 0.15) is 23.7 Å². The quantitative estimate of drug-likeness (QED) is 0.604. The van der Waals surface area contributed by atoms with Crippen molar-refractivity contribution in [2.24, 2.45) is 0 Å². The van der Waals surface area contributed by atoms with Crippen LogP contribution in [0.25, 0.3) is 22.3 Å². The summed E-state index contributed by atoms with van der Waals surface area (Å²) in [4.78, 5) is 8.95. The number of rotatable bonds is 1. The van der Waals surface area contributed by atoms with E-state index >= 15 is 0 Å². The van der Waals surface area contributed by atoms with Crippen LogP contribution in [0, 0.1) is 0 Å². The highest BCUT2D eigenvalue weighted by molar-refractivity contribution is 5.93. The van der Waals surface area contributed by atoms with Crippen molar-refractivity contribution in [3.63, 3.8) is 0 Å². The molecule has 1 fully saturated rings. The molecule has 0 radical (unpaired) electrons. The molecule has 2 aliphatic rings. The molecule has 1 unspecified atom stereocenters. The van der Waals surface area contributed by atoms with Gasteiger partial charge in [0.05, 0.1) is 37.2 Å². The van der Waals surface area contributed by atoms with Gasteiger partial charge < -0.3 is 18.9 Å². The molecular formula is C22H26N4O4. The third-order valence-electron chi connectivity index (χ3n) is 5.44. The van der Waals surface area contributed by atoms with Crippen LogP contribution in [-0.2, 0) is 9.47 Å². The van der Waals surface area contributed by atoms with Crippen molar-refractivity contribution in [1.82, 2.24) is 19.7 Å². The number of hydrogen-bond donors (Lipinski definition) is 0. The lowest BCUT2D eigenvalue weighted by Crippen LogP contribution is -2.19. The standard InChI is InChI=1S/C22H26N4O4/c1-15-7-9-27-10-11-28-20-14-23-13-18(24-20)22-17-12-16(30-15)5-6-19(17)26(25-22)21-4-2-3-8-29-21/h5-6,12-15,21H,2-4,7-11H2,1H3/t15-,21?/m1/s1. The van der Waals surface area contributed by atoms with E-state index in [1.54, 1.807) is 12.4 Å². The molecule has 0 saturated carbocycles. The average molecular weight is 410 g/mol. The van der Waals surface area contributed by atoms with Gasteiger partial charge in [-0.15, -0.1) is 0 Å². The second kappa shape index (κ2) is 8.57. The highest BCUT2D eigenvalue weighted by Crippen LogP contribution is 2.34. The molecule has 0 N–H and O–H groups in total. The maximum Gasteiger partial charge on any atom is 0.233 e. The summed E-state index contributed by atoms with van der Waals surface area (Å²) in [6.07, 6.45) is 7.25. The molecule has 0 aliphatic carbocycles. The largest absolute Gasteiger partial charge is 0.491 e. The number of nitrogens with zero attached hydrogens (tertiary/aromatic N) is 4. The molecule has 1 aromatic carbocycles. The first-order valence-electron chi connectivity index (χ1n) is 10.6. The van der Waals surface area contributed by atoms with Crippen molar-refractivity contribution in [2.45, 2.75) is 44.9 Å². The highest BCUT2D eigenvalue weighted by atomic mass is 16.5. The monoisotopic (exact) mass is 410 g/mol. The lowest BCUT2D eigenvalue weighted by molar-refractivity contribution is -0.0365. The predicted octanol–water partition coefficient (Wildman–Crippen LogP) is 3.76. The summed E-state index contributed by atoms with van der Waals surface area (Å²) in [5, 5.41) is 5.88. The molecule has 5 rings (SSSR count). The fourth-order valence-corrected chi connectivity index (χ4v) is 3.90. The topological polar surface area (TPSA) is 80.5 Å². The van der Waals surface area contributed by atoms with Crippen LogP contribution in [0.1, 0.15) is 38.8 Å². The van der Waals surface area contributed by atoms with Crippen molar-refractivity contribution >= 4 is 10.9 Å². The fourth-order valence-electron chi connectivity index (χ4n) is 3.90. The van der Waals surface area contributed by atoms with Crippen molar-refractivity contribution < 1.29 is 18.9 Å². The lowest BCUT2D eigenvalue weighted by atomic mass is 10.1. The van der Waals surface area contributed by atoms with Crippen molar-refractivity contribution in [3.05, 3.63) is 30.6 Å². The van der Waals surface area contributed by atoms with E-state index in [9.17, 15) is 0 Å². The van der Waals surface area contributed by atoms with Crippen LogP contribution in [0.3, 0.4) is 0 Å². The van der Waals surface area contributed by atoms with E-state index in [1.807, 2.05) is 22.9 Å². The van der Waals surface area contributed by atoms with Crippen LogP contribution in [0.5, 0.6) is 11.6 Å². The van der Waals surface area contributed by atoms with Crippen LogP contribution in [0.15, 0.2) is 30.6 Å². The molecule has 30 heavy (non-hydrogen) atoms. The number of hydrogen-bond acceptors (Lipinski definition) is 7. The minimum atomic E-state index is -0.0733. The van der Waals surface area contributed by atoms with Crippen LogP contribution >= 0.6 is 0 Å². The number of fused-ring (bicyclic) bond motifs is 4. The zero-order valence-electron chi connectivity index (χ0n) is 17.1. The first kappa shape index (κ1) is 19.3. The predicted molar refractivity (Wildman–Crippen MR) is 111 cm³/mol. The lowest BCUT2D eigenvalue weighted by Gasteiger charge is -2.23. The fraction of sp³-hybridized carbons (Fsp3) is 0.500. The Kier molecular flexibility index (Phi) is 5.50. The van der Waals surface area contributed by atoms with Gasteiger partial charge in [-0.1, -0.05) is 0 Å². The number of ether oxygens (including phenoxy) is 4. The Bertz CT molecular complexity index is 1020. The summed E-state index contributed by atoms with van der Waals surface area (Å²) >= 11 is 0. The Labute approximate surface area is 175 Å². The van der Waals surface area contributed by atoms with Gasteiger partial charge in [-0.2, -0.15) is 5.10 Å². The molecule has 8 nitrogen and oxygen atoms in total. The first-order chi connectivity index (χ1) is 14.8. The van der Waals surface area contributed by atoms with Gasteiger partial charge in [-0.3, -0.25) is 4.98 Å². The Morgan fingerprint density at radius 2 is 2.00 bits per heavy atom. The summed E-state index contributed by atoms with van der Waals surface area (Å²) < 4.78 is 25.5. The maximum absolute atomic E-state index is 6.15. The molecular weight excluding hydrogens is 384 g/mol. The molecule has 4 bridgehead atoms. The van der Waals surface area contributed by atoms with Crippen LogP contribution < -0.4 is 9.47 Å². The molecule has 0 amide bonds. The minimum Gasteiger partial charge on any atom is -0.491 e. The molecule has 158 valence electrons. The molecule has 0 spiro atoms. The molecule has 3 aromatic rings. The summed E-state index contributed by atoms with van der Waals surface area (Å²) in [6.45, 7) is 4.33. The third-order valence-corrected chi connectivity index (χ3v) is 5.44. The molecule has 4 heterocycles. The normalized spacial score (nSPS) is 22.7. The molecule has 8 heteroatoms. The third kappa shape index (κ3) is 3.97. The summed E-state index contributed by atoms with van der Waals surface area (Å²) in [5.41, 5.74) is 2.41. The van der Waals surface area contributed by atoms with Gasteiger partial charge in [-0.05, 0) is 44.4 Å². The summed E-state index contributed by atoms with van der Waals surface area (Å²) in [7, 11) is 0. The maximum atomic E-state index is 6.15. The van der Waals surface area contributed by atoms with Crippen LogP contribution in [-0.4, -0.2) is 52.3 Å². The van der Waals surface area contributed by atoms with Gasteiger partial charge in [-0.25, -0.2) is 9.67 Å². The molecule has 2 atom stereocenters. The van der Waals surface area contributed by atoms with Gasteiger partial charge >= 0.3 is 0 Å². The smallest absolute Gasteiger partial charge is 0.233 e. The van der Waals surface area contributed by atoms with E-state index in [2.05, 4.69) is 16.9 Å². The van der Waals surface area contributed by atoms with Crippen molar-refractivity contribution in [3.8, 4) is 23.0 Å². The molecule has 2 aliphatic heterocycles. The van der Waals surface area contributed by atoms with Gasteiger partial charge in [0.25, 0.3) is 0 Å². The van der Waals surface area contributed by atoms with E-state index in [1.165, 1.54) is 0 Å². The minimum absolute atomic E-state index is 0.0366. The zero-order valence-corrected chi connectivity index (χ0v) is 17.1. The van der Waals surface area contributed by atoms with E-state index in [4.69, 9.17) is 24.0 Å². The SMILES string of the molecule is C[C@@H]1CCOCCOc2cncc(n2)-c2nn(C3CCCCO3)c3ccc(cc23)O1. The Hall–Kier alpha value is -2.71. The van der Waals surface area contributed by atoms with E-state index in [0.717, 1.165) is 54.6 Å². The molecule has 1 saturated heterocycles. The van der Waals surface area contributed by atoms with E-state index in [-0.39, 0.29) is 12.3 Å². The Morgan fingerprint density at radius 1 is 1.03 bits per heavy atom. The van der Waals surface area contributed by atoms with Crippen molar-refractivity contribution in [1.29, 1.82) is 0 Å². The van der Waals surface area contributed by atoms with Gasteiger partial charge in [0, 0.05) is 18.4 Å². The van der Waals surface area contributed by atoms with Crippen LogP contribution in [0.2, 0.25) is 0 Å². The number of aromatic nitrogens is 4. The second-order valence-electron chi connectivity index (χ2n) is 7.71. The highest BCUT2D eigenvalue weighted by Gasteiger charge is 2.23. The summed E-state index contributed by atoms with van der Waals surface area (Å²) in [5.74, 6) is 1.26. The Balaban J connectivity index is 1.63. The summed E-state index contributed by atoms with van der Waals surface area (Å²) in [6, 6.07) is 6.07.